The number of halogens is 1. The van der Waals surface area contributed by atoms with Gasteiger partial charge in [0.1, 0.15) is 24.1 Å². The number of nitrogens with zero attached hydrogens (tertiary/aromatic N) is 2. The molecule has 3 aromatic rings. The van der Waals surface area contributed by atoms with E-state index in [2.05, 4.69) is 5.32 Å². The Morgan fingerprint density at radius 3 is 2.18 bits per heavy atom. The Kier molecular flexibility index (Phi) is 10.2. The van der Waals surface area contributed by atoms with Crippen molar-refractivity contribution in [3.63, 3.8) is 0 Å². The number of carbonyl (C=O) groups is 2. The van der Waals surface area contributed by atoms with Gasteiger partial charge < -0.3 is 19.7 Å². The average Bonchev–Trinajstić information content (AvgIpc) is 2.95. The van der Waals surface area contributed by atoms with E-state index in [-0.39, 0.29) is 28.8 Å². The normalized spacial score (nSPS) is 11.8. The van der Waals surface area contributed by atoms with Crippen LogP contribution in [0.2, 0.25) is 5.02 Å². The zero-order valence-corrected chi connectivity index (χ0v) is 23.8. The fourth-order valence-corrected chi connectivity index (χ4v) is 5.47. The maximum atomic E-state index is 13.9. The average molecular weight is 574 g/mol. The molecule has 0 heterocycles. The second kappa shape index (κ2) is 13.3. The second-order valence-electron chi connectivity index (χ2n) is 8.58. The molecule has 0 saturated heterocycles. The fraction of sp³-hybridized carbons (Fsp3) is 0.286. The summed E-state index contributed by atoms with van der Waals surface area (Å²) in [6.07, 6.45) is 0. The monoisotopic (exact) mass is 573 g/mol. The van der Waals surface area contributed by atoms with E-state index < -0.39 is 28.5 Å². The Labute approximate surface area is 234 Å². The molecule has 1 atom stereocenters. The summed E-state index contributed by atoms with van der Waals surface area (Å²) in [6, 6.07) is 18.4. The lowest BCUT2D eigenvalue weighted by Crippen LogP contribution is -2.51. The number of benzene rings is 3. The molecule has 0 saturated carbocycles. The van der Waals surface area contributed by atoms with Gasteiger partial charge in [-0.15, -0.1) is 0 Å². The Balaban J connectivity index is 2.06. The summed E-state index contributed by atoms with van der Waals surface area (Å²) in [5.74, 6) is -0.185. The molecule has 1 N–H and O–H groups in total. The van der Waals surface area contributed by atoms with Gasteiger partial charge in [-0.25, -0.2) is 8.42 Å². The molecule has 0 radical (unpaired) electrons. The number of anilines is 1. The molecule has 0 aliphatic rings. The number of hydrogen-bond acceptors (Lipinski definition) is 6. The van der Waals surface area contributed by atoms with E-state index in [1.165, 1.54) is 43.4 Å². The lowest BCUT2D eigenvalue weighted by molar-refractivity contribution is -0.139. The molecule has 39 heavy (non-hydrogen) atoms. The van der Waals surface area contributed by atoms with Crippen LogP contribution in [0.1, 0.15) is 19.4 Å². The molecule has 11 heteroatoms. The summed E-state index contributed by atoms with van der Waals surface area (Å²) >= 11 is 6.02. The molecular formula is C28H32ClN3O6S. The minimum atomic E-state index is -4.24. The van der Waals surface area contributed by atoms with Crippen LogP contribution in [0.15, 0.2) is 77.7 Å². The zero-order chi connectivity index (χ0) is 28.6. The Bertz CT molecular complexity index is 1380. The standard InChI is InChI=1S/C28H32ClN3O6S/c1-5-30-28(34)20(2)31(18-21-10-12-22(29)13-11-21)27(33)19-32(25-8-6-7-9-26(25)38-4)39(35,36)24-16-14-23(37-3)15-17-24/h6-17,20H,5,18-19H2,1-4H3,(H,30,34)/t20-/m0/s1. The van der Waals surface area contributed by atoms with Crippen molar-refractivity contribution in [2.75, 3.05) is 31.6 Å². The molecule has 0 unspecified atom stereocenters. The molecule has 0 aliphatic carbocycles. The topological polar surface area (TPSA) is 105 Å². The SMILES string of the molecule is CCNC(=O)[C@H](C)N(Cc1ccc(Cl)cc1)C(=O)CN(c1ccccc1OC)S(=O)(=O)c1ccc(OC)cc1. The van der Waals surface area contributed by atoms with Crippen molar-refractivity contribution in [2.45, 2.75) is 31.3 Å². The number of nitrogens with one attached hydrogen (secondary N) is 1. The second-order valence-corrected chi connectivity index (χ2v) is 10.9. The maximum Gasteiger partial charge on any atom is 0.264 e. The van der Waals surface area contributed by atoms with E-state index in [1.54, 1.807) is 62.4 Å². The van der Waals surface area contributed by atoms with E-state index in [0.29, 0.717) is 17.3 Å². The number of amides is 2. The van der Waals surface area contributed by atoms with Gasteiger partial charge in [0, 0.05) is 18.1 Å². The summed E-state index contributed by atoms with van der Waals surface area (Å²) in [5.41, 5.74) is 0.909. The first-order valence-corrected chi connectivity index (χ1v) is 14.1. The Morgan fingerprint density at radius 2 is 1.59 bits per heavy atom. The molecule has 0 fully saturated rings. The number of ether oxygens (including phenoxy) is 2. The van der Waals surface area contributed by atoms with Crippen LogP contribution in [0.3, 0.4) is 0 Å². The van der Waals surface area contributed by atoms with Crippen LogP contribution in [-0.4, -0.2) is 58.5 Å². The van der Waals surface area contributed by atoms with Gasteiger partial charge in [-0.1, -0.05) is 35.9 Å². The summed E-state index contributed by atoms with van der Waals surface area (Å²) in [5, 5.41) is 3.26. The number of sulfonamides is 1. The molecule has 3 aromatic carbocycles. The maximum absolute atomic E-state index is 13.9. The Hall–Kier alpha value is -3.76. The van der Waals surface area contributed by atoms with Crippen LogP contribution in [0.25, 0.3) is 0 Å². The smallest absolute Gasteiger partial charge is 0.264 e. The van der Waals surface area contributed by atoms with Crippen molar-refractivity contribution in [1.29, 1.82) is 0 Å². The highest BCUT2D eigenvalue weighted by Gasteiger charge is 2.33. The van der Waals surface area contributed by atoms with E-state index in [1.807, 2.05) is 0 Å². The van der Waals surface area contributed by atoms with Crippen LogP contribution < -0.4 is 19.1 Å². The minimum Gasteiger partial charge on any atom is -0.497 e. The third-order valence-electron chi connectivity index (χ3n) is 6.06. The van der Waals surface area contributed by atoms with E-state index >= 15 is 0 Å². The van der Waals surface area contributed by atoms with Gasteiger partial charge in [0.2, 0.25) is 11.8 Å². The van der Waals surface area contributed by atoms with Crippen LogP contribution >= 0.6 is 11.6 Å². The highest BCUT2D eigenvalue weighted by atomic mass is 35.5. The van der Waals surface area contributed by atoms with Crippen LogP contribution in [-0.2, 0) is 26.2 Å². The quantitative estimate of drug-likeness (QED) is 0.350. The molecule has 9 nitrogen and oxygen atoms in total. The predicted octanol–water partition coefficient (Wildman–Crippen LogP) is 4.11. The number of rotatable bonds is 12. The van der Waals surface area contributed by atoms with Crippen molar-refractivity contribution in [3.8, 4) is 11.5 Å². The largest absolute Gasteiger partial charge is 0.497 e. The van der Waals surface area contributed by atoms with Gasteiger partial charge in [-0.2, -0.15) is 0 Å². The lowest BCUT2D eigenvalue weighted by Gasteiger charge is -2.32. The van der Waals surface area contributed by atoms with Crippen molar-refractivity contribution in [3.05, 3.63) is 83.4 Å². The van der Waals surface area contributed by atoms with Crippen molar-refractivity contribution in [2.24, 2.45) is 0 Å². The molecular weight excluding hydrogens is 542 g/mol. The molecule has 0 aliphatic heterocycles. The van der Waals surface area contributed by atoms with Crippen molar-refractivity contribution in [1.82, 2.24) is 10.2 Å². The van der Waals surface area contributed by atoms with Crippen LogP contribution in [0.4, 0.5) is 5.69 Å². The lowest BCUT2D eigenvalue weighted by atomic mass is 10.1. The zero-order valence-electron chi connectivity index (χ0n) is 22.3. The first-order valence-electron chi connectivity index (χ1n) is 12.2. The number of hydrogen-bond donors (Lipinski definition) is 1. The molecule has 0 bridgehead atoms. The third-order valence-corrected chi connectivity index (χ3v) is 8.09. The predicted molar refractivity (Wildman–Crippen MR) is 151 cm³/mol. The third kappa shape index (κ3) is 7.21. The van der Waals surface area contributed by atoms with E-state index in [0.717, 1.165) is 9.87 Å². The molecule has 2 amide bonds. The number of likely N-dealkylation sites (N-methyl/N-ethyl adjacent to an activating group) is 1. The summed E-state index contributed by atoms with van der Waals surface area (Å²) in [7, 11) is -1.34. The van der Waals surface area contributed by atoms with E-state index in [9.17, 15) is 18.0 Å². The van der Waals surface area contributed by atoms with Crippen molar-refractivity contribution >= 4 is 39.1 Å². The number of para-hydroxylation sites is 2. The van der Waals surface area contributed by atoms with Gasteiger partial charge in [0.25, 0.3) is 10.0 Å². The summed E-state index contributed by atoms with van der Waals surface area (Å²) < 4.78 is 39.4. The Morgan fingerprint density at radius 1 is 0.949 bits per heavy atom. The molecule has 0 aromatic heterocycles. The number of methoxy groups -OCH3 is 2. The van der Waals surface area contributed by atoms with Gasteiger partial charge in [-0.3, -0.25) is 13.9 Å². The van der Waals surface area contributed by atoms with Crippen LogP contribution in [0.5, 0.6) is 11.5 Å². The van der Waals surface area contributed by atoms with Gasteiger partial charge in [-0.05, 0) is 67.9 Å². The minimum absolute atomic E-state index is 0.0389. The van der Waals surface area contributed by atoms with Gasteiger partial charge in [0.15, 0.2) is 0 Å². The highest BCUT2D eigenvalue weighted by Crippen LogP contribution is 2.33. The first-order chi connectivity index (χ1) is 18.6. The van der Waals surface area contributed by atoms with E-state index in [4.69, 9.17) is 21.1 Å². The highest BCUT2D eigenvalue weighted by molar-refractivity contribution is 7.92. The van der Waals surface area contributed by atoms with Gasteiger partial charge >= 0.3 is 0 Å². The molecule has 0 spiro atoms. The first kappa shape index (κ1) is 29.8. The molecule has 3 rings (SSSR count). The summed E-state index contributed by atoms with van der Waals surface area (Å²) in [4.78, 5) is 28.0. The van der Waals surface area contributed by atoms with Crippen LogP contribution in [0, 0.1) is 0 Å². The van der Waals surface area contributed by atoms with Gasteiger partial charge in [0.05, 0.1) is 24.8 Å². The molecule has 208 valence electrons. The number of carbonyl (C=O) groups excluding carboxylic acids is 2. The fourth-order valence-electron chi connectivity index (χ4n) is 3.92. The summed E-state index contributed by atoms with van der Waals surface area (Å²) in [6.45, 7) is 3.25. The van der Waals surface area contributed by atoms with Crippen molar-refractivity contribution < 1.29 is 27.5 Å².